The first kappa shape index (κ1) is 11.7. The van der Waals surface area contributed by atoms with Crippen LogP contribution in [0.15, 0.2) is 30.3 Å². The quantitative estimate of drug-likeness (QED) is 0.880. The molecule has 2 fully saturated rings. The Morgan fingerprint density at radius 2 is 1.89 bits per heavy atom. The van der Waals surface area contributed by atoms with Gasteiger partial charge in [-0.15, -0.1) is 0 Å². The van der Waals surface area contributed by atoms with E-state index in [0.717, 1.165) is 24.8 Å². The standard InChI is InChI=1S/C15H19NO2/c1-2-14(18)10-16(11-14)13(17)15(8-9-15)12-6-4-3-5-7-12/h3-7,18H,2,8-11H2,1H3. The van der Waals surface area contributed by atoms with Crippen LogP contribution in [0, 0.1) is 0 Å². The normalized spacial score (nSPS) is 23.3. The molecule has 1 aromatic rings. The number of β-amino-alcohol motifs (C(OH)–C–C–N with tert-alkyl or cyclic N) is 1. The molecular formula is C15H19NO2. The van der Waals surface area contributed by atoms with Crippen LogP contribution >= 0.6 is 0 Å². The average Bonchev–Trinajstić information content (AvgIpc) is 3.17. The lowest BCUT2D eigenvalue weighted by Gasteiger charge is -2.47. The third-order valence-electron chi connectivity index (χ3n) is 4.40. The highest BCUT2D eigenvalue weighted by atomic mass is 16.3. The van der Waals surface area contributed by atoms with Gasteiger partial charge in [-0.3, -0.25) is 4.79 Å². The number of carbonyl (C=O) groups excluding carboxylic acids is 1. The summed E-state index contributed by atoms with van der Waals surface area (Å²) < 4.78 is 0. The van der Waals surface area contributed by atoms with Gasteiger partial charge >= 0.3 is 0 Å². The number of rotatable bonds is 3. The number of likely N-dealkylation sites (tertiary alicyclic amines) is 1. The molecule has 1 saturated carbocycles. The molecule has 1 N–H and O–H groups in total. The summed E-state index contributed by atoms with van der Waals surface area (Å²) in [5.41, 5.74) is 0.209. The van der Waals surface area contributed by atoms with Gasteiger partial charge in [-0.2, -0.15) is 0 Å². The minimum absolute atomic E-state index is 0.201. The Bertz CT molecular complexity index is 459. The number of aliphatic hydroxyl groups is 1. The Balaban J connectivity index is 1.75. The summed E-state index contributed by atoms with van der Waals surface area (Å²) in [6.07, 6.45) is 2.60. The van der Waals surface area contributed by atoms with Crippen LogP contribution in [-0.2, 0) is 10.2 Å². The van der Waals surface area contributed by atoms with Crippen LogP contribution in [0.4, 0.5) is 0 Å². The largest absolute Gasteiger partial charge is 0.386 e. The van der Waals surface area contributed by atoms with Crippen LogP contribution < -0.4 is 0 Å². The van der Waals surface area contributed by atoms with E-state index in [-0.39, 0.29) is 11.3 Å². The molecule has 1 aromatic carbocycles. The van der Waals surface area contributed by atoms with Gasteiger partial charge in [-0.25, -0.2) is 0 Å². The fourth-order valence-corrected chi connectivity index (χ4v) is 2.84. The maximum absolute atomic E-state index is 12.5. The zero-order valence-electron chi connectivity index (χ0n) is 10.7. The van der Waals surface area contributed by atoms with E-state index in [1.54, 1.807) is 0 Å². The Morgan fingerprint density at radius 1 is 1.28 bits per heavy atom. The summed E-state index contributed by atoms with van der Waals surface area (Å²) >= 11 is 0. The molecular weight excluding hydrogens is 226 g/mol. The number of benzene rings is 1. The van der Waals surface area contributed by atoms with Gasteiger partial charge in [0.15, 0.2) is 0 Å². The van der Waals surface area contributed by atoms with E-state index in [2.05, 4.69) is 0 Å². The molecule has 0 unspecified atom stereocenters. The zero-order valence-corrected chi connectivity index (χ0v) is 10.7. The molecule has 3 rings (SSSR count). The summed E-state index contributed by atoms with van der Waals surface area (Å²) in [7, 11) is 0. The van der Waals surface area contributed by atoms with Crippen molar-refractivity contribution in [2.45, 2.75) is 37.2 Å². The molecule has 0 bridgehead atoms. The van der Waals surface area contributed by atoms with Gasteiger partial charge in [0, 0.05) is 0 Å². The molecule has 18 heavy (non-hydrogen) atoms. The van der Waals surface area contributed by atoms with Crippen molar-refractivity contribution < 1.29 is 9.90 Å². The molecule has 1 amide bonds. The van der Waals surface area contributed by atoms with Crippen molar-refractivity contribution in [3.05, 3.63) is 35.9 Å². The lowest BCUT2D eigenvalue weighted by molar-refractivity contribution is -0.158. The van der Waals surface area contributed by atoms with Crippen molar-refractivity contribution in [2.24, 2.45) is 0 Å². The monoisotopic (exact) mass is 245 g/mol. The molecule has 0 atom stereocenters. The van der Waals surface area contributed by atoms with Crippen LogP contribution in [0.2, 0.25) is 0 Å². The van der Waals surface area contributed by atoms with E-state index in [4.69, 9.17) is 0 Å². The first-order chi connectivity index (χ1) is 8.60. The number of hydrogen-bond donors (Lipinski definition) is 1. The van der Waals surface area contributed by atoms with Crippen LogP contribution in [0.5, 0.6) is 0 Å². The predicted molar refractivity (Wildman–Crippen MR) is 69.2 cm³/mol. The van der Waals surface area contributed by atoms with Gasteiger partial charge in [0.05, 0.1) is 24.1 Å². The second-order valence-corrected chi connectivity index (χ2v) is 5.69. The van der Waals surface area contributed by atoms with Crippen molar-refractivity contribution in [1.29, 1.82) is 0 Å². The van der Waals surface area contributed by atoms with Crippen molar-refractivity contribution in [2.75, 3.05) is 13.1 Å². The second kappa shape index (κ2) is 3.82. The molecule has 0 radical (unpaired) electrons. The zero-order chi connectivity index (χ0) is 12.8. The Labute approximate surface area is 107 Å². The first-order valence-electron chi connectivity index (χ1n) is 6.67. The van der Waals surface area contributed by atoms with E-state index in [1.807, 2.05) is 42.2 Å². The van der Waals surface area contributed by atoms with E-state index in [0.29, 0.717) is 13.1 Å². The Hall–Kier alpha value is -1.35. The fraction of sp³-hybridized carbons (Fsp3) is 0.533. The number of carbonyl (C=O) groups is 1. The molecule has 3 heteroatoms. The van der Waals surface area contributed by atoms with Crippen molar-refractivity contribution in [3.8, 4) is 0 Å². The van der Waals surface area contributed by atoms with E-state index in [9.17, 15) is 9.90 Å². The maximum Gasteiger partial charge on any atom is 0.233 e. The average molecular weight is 245 g/mol. The Kier molecular flexibility index (Phi) is 2.49. The SMILES string of the molecule is CCC1(O)CN(C(=O)C2(c3ccccc3)CC2)C1. The summed E-state index contributed by atoms with van der Waals surface area (Å²) in [5.74, 6) is 0.201. The van der Waals surface area contributed by atoms with Gasteiger partial charge in [0.1, 0.15) is 0 Å². The summed E-state index contributed by atoms with van der Waals surface area (Å²) in [6, 6.07) is 10.0. The molecule has 0 spiro atoms. The van der Waals surface area contributed by atoms with Crippen LogP contribution in [0.3, 0.4) is 0 Å². The molecule has 1 heterocycles. The van der Waals surface area contributed by atoms with E-state index < -0.39 is 5.60 Å². The van der Waals surface area contributed by atoms with Crippen molar-refractivity contribution >= 4 is 5.91 Å². The smallest absolute Gasteiger partial charge is 0.233 e. The van der Waals surface area contributed by atoms with Gasteiger partial charge in [0.25, 0.3) is 0 Å². The van der Waals surface area contributed by atoms with Gasteiger partial charge in [-0.05, 0) is 24.8 Å². The summed E-state index contributed by atoms with van der Waals surface area (Å²) in [5, 5.41) is 10.0. The number of amides is 1. The maximum atomic E-state index is 12.5. The predicted octanol–water partition coefficient (Wildman–Crippen LogP) is 1.70. The molecule has 3 nitrogen and oxygen atoms in total. The third kappa shape index (κ3) is 1.65. The van der Waals surface area contributed by atoms with E-state index in [1.165, 1.54) is 0 Å². The molecule has 96 valence electrons. The van der Waals surface area contributed by atoms with Crippen LogP contribution in [0.1, 0.15) is 31.7 Å². The summed E-state index contributed by atoms with van der Waals surface area (Å²) in [4.78, 5) is 14.3. The van der Waals surface area contributed by atoms with Gasteiger partial charge in [0.2, 0.25) is 5.91 Å². The van der Waals surface area contributed by atoms with Crippen LogP contribution in [-0.4, -0.2) is 34.6 Å². The Morgan fingerprint density at radius 3 is 2.39 bits per heavy atom. The highest BCUT2D eigenvalue weighted by Gasteiger charge is 2.56. The minimum Gasteiger partial charge on any atom is -0.386 e. The highest BCUT2D eigenvalue weighted by molar-refractivity contribution is 5.92. The van der Waals surface area contributed by atoms with Gasteiger partial charge < -0.3 is 10.0 Å². The summed E-state index contributed by atoms with van der Waals surface area (Å²) in [6.45, 7) is 2.96. The van der Waals surface area contributed by atoms with E-state index >= 15 is 0 Å². The minimum atomic E-state index is -0.636. The second-order valence-electron chi connectivity index (χ2n) is 5.69. The number of hydrogen-bond acceptors (Lipinski definition) is 2. The lowest BCUT2D eigenvalue weighted by atomic mass is 9.87. The molecule has 1 saturated heterocycles. The first-order valence-corrected chi connectivity index (χ1v) is 6.67. The highest BCUT2D eigenvalue weighted by Crippen LogP contribution is 2.50. The lowest BCUT2D eigenvalue weighted by Crippen LogP contribution is -2.64. The molecule has 0 aromatic heterocycles. The fourth-order valence-electron chi connectivity index (χ4n) is 2.84. The van der Waals surface area contributed by atoms with Crippen molar-refractivity contribution in [1.82, 2.24) is 4.90 Å². The third-order valence-corrected chi connectivity index (χ3v) is 4.40. The molecule has 1 aliphatic carbocycles. The van der Waals surface area contributed by atoms with Gasteiger partial charge in [-0.1, -0.05) is 37.3 Å². The van der Waals surface area contributed by atoms with Crippen LogP contribution in [0.25, 0.3) is 0 Å². The molecule has 1 aliphatic heterocycles. The number of nitrogens with zero attached hydrogens (tertiary/aromatic N) is 1. The molecule has 2 aliphatic rings. The van der Waals surface area contributed by atoms with Crippen molar-refractivity contribution in [3.63, 3.8) is 0 Å². The topological polar surface area (TPSA) is 40.5 Å².